The van der Waals surface area contributed by atoms with Crippen LogP contribution in [0.1, 0.15) is 27.7 Å². The normalized spacial score (nSPS) is 11.6. The number of carbonyl (C=O) groups is 3. The van der Waals surface area contributed by atoms with Crippen LogP contribution in [0.15, 0.2) is 84.9 Å². The molecule has 1 heterocycles. The van der Waals surface area contributed by atoms with Crippen LogP contribution in [0.2, 0.25) is 0 Å². The molecule has 0 bridgehead atoms. The highest BCUT2D eigenvalue weighted by atomic mass is 127. The summed E-state index contributed by atoms with van der Waals surface area (Å²) in [6.45, 7) is 0.429. The van der Waals surface area contributed by atoms with Crippen molar-refractivity contribution in [3.63, 3.8) is 0 Å². The van der Waals surface area contributed by atoms with Crippen LogP contribution >= 0.6 is 22.6 Å². The van der Waals surface area contributed by atoms with Gasteiger partial charge in [0.05, 0.1) is 0 Å². The van der Waals surface area contributed by atoms with Crippen molar-refractivity contribution in [2.24, 2.45) is 7.05 Å². The maximum Gasteiger partial charge on any atom is 0.284 e. The highest BCUT2D eigenvalue weighted by Gasteiger charge is 2.27. The van der Waals surface area contributed by atoms with Crippen LogP contribution in [0.25, 0.3) is 10.9 Å². The van der Waals surface area contributed by atoms with E-state index in [0.717, 1.165) is 16.5 Å². The van der Waals surface area contributed by atoms with Gasteiger partial charge in [-0.05, 0) is 35.4 Å². The van der Waals surface area contributed by atoms with Gasteiger partial charge in [0.25, 0.3) is 9.82 Å². The zero-order chi connectivity index (χ0) is 24.9. The van der Waals surface area contributed by atoms with Crippen LogP contribution in [0.5, 0.6) is 0 Å². The Morgan fingerprint density at radius 1 is 0.943 bits per heavy atom. The Bertz CT molecular complexity index is 1370. The summed E-state index contributed by atoms with van der Waals surface area (Å²) in [6, 6.07) is 25.3. The molecule has 3 amide bonds. The minimum Gasteiger partial charge on any atom is -0.340 e. The van der Waals surface area contributed by atoms with Gasteiger partial charge in [-0.15, -0.1) is 0 Å². The van der Waals surface area contributed by atoms with Gasteiger partial charge in [0.1, 0.15) is 11.7 Å². The van der Waals surface area contributed by atoms with Gasteiger partial charge in [-0.25, -0.2) is 0 Å². The Hall–Kier alpha value is -3.66. The van der Waals surface area contributed by atoms with Crippen molar-refractivity contribution in [3.05, 3.63) is 102 Å². The lowest BCUT2D eigenvalue weighted by molar-refractivity contribution is -0.132. The van der Waals surface area contributed by atoms with Crippen LogP contribution < -0.4 is 10.6 Å². The number of carbonyl (C=O) groups excluding carboxylic acids is 3. The minimum absolute atomic E-state index is 0.195. The molecule has 4 rings (SSSR count). The van der Waals surface area contributed by atoms with Crippen molar-refractivity contribution in [3.8, 4) is 0 Å². The monoisotopic (exact) mass is 580 g/mol. The number of nitrogens with zero attached hydrogens (tertiary/aromatic N) is 2. The first-order valence-corrected chi connectivity index (χ1v) is 12.1. The molecule has 1 aromatic heterocycles. The molecule has 35 heavy (non-hydrogen) atoms. The summed E-state index contributed by atoms with van der Waals surface area (Å²) >= 11 is 1.67. The first-order valence-electron chi connectivity index (χ1n) is 11.0. The molecule has 0 aliphatic heterocycles. The molecular weight excluding hydrogens is 555 g/mol. The zero-order valence-corrected chi connectivity index (χ0v) is 21.5. The standard InChI is InChI=1S/C27H25IN4O3/c1-31(17-18-9-5-3-6-10-18)26(34)24(19-11-7-4-8-12-19)30-25(33)23-16-20-15-21(29-27(28)35)13-14-22(20)32(23)2/h3-16,24H,17H2,1-2H3,(H,29,35)(H,30,33). The number of fused-ring (bicyclic) bond motifs is 1. The Morgan fingerprint density at radius 2 is 1.60 bits per heavy atom. The van der Waals surface area contributed by atoms with Crippen LogP contribution in [0.4, 0.5) is 10.5 Å². The van der Waals surface area contributed by atoms with Crippen molar-refractivity contribution in [1.82, 2.24) is 14.8 Å². The van der Waals surface area contributed by atoms with E-state index in [1.54, 1.807) is 58.3 Å². The topological polar surface area (TPSA) is 83.4 Å². The van der Waals surface area contributed by atoms with E-state index in [2.05, 4.69) is 10.6 Å². The average Bonchev–Trinajstić information content (AvgIpc) is 3.18. The maximum atomic E-state index is 13.5. The lowest BCUT2D eigenvalue weighted by atomic mass is 10.0. The predicted octanol–water partition coefficient (Wildman–Crippen LogP) is 5.27. The fraction of sp³-hybridized carbons (Fsp3) is 0.148. The molecule has 0 fully saturated rings. The Morgan fingerprint density at radius 3 is 2.26 bits per heavy atom. The molecule has 0 saturated heterocycles. The Balaban J connectivity index is 1.61. The summed E-state index contributed by atoms with van der Waals surface area (Å²) in [6.07, 6.45) is 0. The first kappa shape index (κ1) is 24.5. The highest BCUT2D eigenvalue weighted by Crippen LogP contribution is 2.24. The van der Waals surface area contributed by atoms with Gasteiger partial charge in [-0.1, -0.05) is 60.7 Å². The fourth-order valence-electron chi connectivity index (χ4n) is 4.05. The van der Waals surface area contributed by atoms with Crippen LogP contribution in [0, 0.1) is 0 Å². The molecule has 8 heteroatoms. The number of anilines is 1. The molecule has 0 aliphatic rings. The molecule has 1 atom stereocenters. The molecule has 0 spiro atoms. The number of rotatable bonds is 7. The number of aryl methyl sites for hydroxylation is 1. The second-order valence-corrected chi connectivity index (χ2v) is 9.24. The summed E-state index contributed by atoms with van der Waals surface area (Å²) in [4.78, 5) is 39.9. The number of amides is 3. The third kappa shape index (κ3) is 5.71. The van der Waals surface area contributed by atoms with E-state index in [-0.39, 0.29) is 15.7 Å². The van der Waals surface area contributed by atoms with E-state index >= 15 is 0 Å². The van der Waals surface area contributed by atoms with E-state index in [1.165, 1.54) is 0 Å². The smallest absolute Gasteiger partial charge is 0.284 e. The lowest BCUT2D eigenvalue weighted by Gasteiger charge is -2.25. The molecule has 0 aliphatic carbocycles. The van der Waals surface area contributed by atoms with Crippen LogP contribution in [-0.4, -0.2) is 32.2 Å². The predicted molar refractivity (Wildman–Crippen MR) is 146 cm³/mol. The molecule has 0 saturated carbocycles. The van der Waals surface area contributed by atoms with Crippen LogP contribution in [-0.2, 0) is 18.4 Å². The maximum absolute atomic E-state index is 13.5. The molecule has 2 N–H and O–H groups in total. The molecule has 4 aromatic rings. The van der Waals surface area contributed by atoms with Gasteiger partial charge in [0, 0.05) is 59.8 Å². The Kier molecular flexibility index (Phi) is 7.50. The third-order valence-corrected chi connectivity index (χ3v) is 6.08. The highest BCUT2D eigenvalue weighted by molar-refractivity contribution is 14.1. The average molecular weight is 580 g/mol. The molecule has 3 aromatic carbocycles. The summed E-state index contributed by atoms with van der Waals surface area (Å²) < 4.78 is 1.58. The van der Waals surface area contributed by atoms with Gasteiger partial charge >= 0.3 is 0 Å². The summed E-state index contributed by atoms with van der Waals surface area (Å²) in [5.74, 6) is -0.572. The summed E-state index contributed by atoms with van der Waals surface area (Å²) in [5.41, 5.74) is 3.61. The number of halogens is 1. The van der Waals surface area contributed by atoms with Crippen molar-refractivity contribution < 1.29 is 14.4 Å². The molecule has 0 radical (unpaired) electrons. The number of hydrogen-bond acceptors (Lipinski definition) is 3. The molecule has 1 unspecified atom stereocenters. The number of likely N-dealkylation sites (N-methyl/N-ethyl adjacent to an activating group) is 1. The van der Waals surface area contributed by atoms with Gasteiger partial charge in [0.15, 0.2) is 0 Å². The van der Waals surface area contributed by atoms with Crippen molar-refractivity contribution in [1.29, 1.82) is 0 Å². The van der Waals surface area contributed by atoms with Gasteiger partial charge < -0.3 is 20.1 Å². The fourth-order valence-corrected chi connectivity index (χ4v) is 4.36. The van der Waals surface area contributed by atoms with E-state index in [4.69, 9.17) is 0 Å². The number of nitrogens with one attached hydrogen (secondary N) is 2. The van der Waals surface area contributed by atoms with E-state index in [0.29, 0.717) is 23.5 Å². The number of aromatic nitrogens is 1. The second kappa shape index (κ2) is 10.7. The summed E-state index contributed by atoms with van der Waals surface area (Å²) in [7, 11) is 3.53. The van der Waals surface area contributed by atoms with Crippen LogP contribution in [0.3, 0.4) is 0 Å². The summed E-state index contributed by atoms with van der Waals surface area (Å²) in [5, 5.41) is 6.50. The first-order chi connectivity index (χ1) is 16.8. The van der Waals surface area contributed by atoms with E-state index in [1.807, 2.05) is 72.8 Å². The number of benzene rings is 3. The van der Waals surface area contributed by atoms with Crippen molar-refractivity contribution >= 4 is 54.9 Å². The second-order valence-electron chi connectivity index (χ2n) is 8.26. The minimum atomic E-state index is -0.843. The molecule has 178 valence electrons. The van der Waals surface area contributed by atoms with Gasteiger partial charge in [-0.2, -0.15) is 0 Å². The number of hydrogen-bond donors (Lipinski definition) is 2. The van der Waals surface area contributed by atoms with E-state index in [9.17, 15) is 14.4 Å². The Labute approximate surface area is 217 Å². The molecular formula is C27H25IN4O3. The SMILES string of the molecule is CN(Cc1ccccc1)C(=O)C(NC(=O)c1cc2cc(NC(=O)I)ccc2n1C)c1ccccc1. The van der Waals surface area contributed by atoms with Crippen molar-refractivity contribution in [2.75, 3.05) is 12.4 Å². The third-order valence-electron chi connectivity index (χ3n) is 5.81. The van der Waals surface area contributed by atoms with E-state index < -0.39 is 6.04 Å². The largest absolute Gasteiger partial charge is 0.340 e. The zero-order valence-electron chi connectivity index (χ0n) is 19.4. The lowest BCUT2D eigenvalue weighted by Crippen LogP contribution is -2.41. The quantitative estimate of drug-likeness (QED) is 0.178. The van der Waals surface area contributed by atoms with Gasteiger partial charge in [0.2, 0.25) is 5.91 Å². The molecule has 7 nitrogen and oxygen atoms in total. The van der Waals surface area contributed by atoms with Crippen molar-refractivity contribution in [2.45, 2.75) is 12.6 Å². The van der Waals surface area contributed by atoms with Gasteiger partial charge in [-0.3, -0.25) is 14.4 Å².